The molecule has 4 radical (unpaired) electrons. The Labute approximate surface area is 308 Å². The first-order valence-electron chi connectivity index (χ1n) is 17.4. The molecule has 2 aliphatic rings. The van der Waals surface area contributed by atoms with E-state index in [-0.39, 0.29) is 29.6 Å². The van der Waals surface area contributed by atoms with Crippen molar-refractivity contribution in [3.8, 4) is 11.1 Å². The lowest BCUT2D eigenvalue weighted by Gasteiger charge is -2.50. The predicted octanol–water partition coefficient (Wildman–Crippen LogP) is 3.29. The molecule has 5 aromatic heterocycles. The fourth-order valence-electron chi connectivity index (χ4n) is 7.34. The molecular weight excluding hydrogens is 668 g/mol. The topological polar surface area (TPSA) is 155 Å². The van der Waals surface area contributed by atoms with E-state index < -0.39 is 5.34 Å². The van der Waals surface area contributed by atoms with Crippen molar-refractivity contribution in [3.05, 3.63) is 95.5 Å². The van der Waals surface area contributed by atoms with Gasteiger partial charge in [0.1, 0.15) is 17.3 Å². The van der Waals surface area contributed by atoms with Crippen molar-refractivity contribution >= 4 is 56.2 Å². The highest BCUT2D eigenvalue weighted by Gasteiger charge is 2.42. The highest BCUT2D eigenvalue weighted by molar-refractivity contribution is 6.39. The van der Waals surface area contributed by atoms with Gasteiger partial charge in [0.25, 0.3) is 11.8 Å². The zero-order valence-electron chi connectivity index (χ0n) is 30.1. The molecule has 2 amide bonds. The Kier molecular flexibility index (Phi) is 8.32. The number of hydrogen-bond donors (Lipinski definition) is 3. The molecule has 0 saturated carbocycles. The van der Waals surface area contributed by atoms with Gasteiger partial charge in [0.05, 0.1) is 68.5 Å². The van der Waals surface area contributed by atoms with Crippen LogP contribution in [0.2, 0.25) is 0 Å². The highest BCUT2D eigenvalue weighted by Crippen LogP contribution is 2.50. The number of fused-ring (bicyclic) bond motifs is 4. The molecule has 0 bridgehead atoms. The van der Waals surface area contributed by atoms with Gasteiger partial charge in [-0.05, 0) is 36.9 Å². The molecule has 264 valence electrons. The Bertz CT molecular complexity index is 2390. The van der Waals surface area contributed by atoms with Crippen molar-refractivity contribution in [1.29, 1.82) is 0 Å². The molecule has 15 nitrogen and oxygen atoms in total. The molecule has 17 heteroatoms. The highest BCUT2D eigenvalue weighted by atomic mass is 16.2. The fraction of sp³-hybridized carbons (Fsp3) is 0.306. The third-order valence-corrected chi connectivity index (χ3v) is 10.1. The smallest absolute Gasteiger partial charge is 0.269 e. The van der Waals surface area contributed by atoms with Crippen LogP contribution in [0.1, 0.15) is 63.4 Å². The monoisotopic (exact) mass is 705 g/mol. The summed E-state index contributed by atoms with van der Waals surface area (Å²) in [6, 6.07) is 15.0. The lowest BCUT2D eigenvalue weighted by molar-refractivity contribution is 0.0613. The van der Waals surface area contributed by atoms with Crippen LogP contribution < -0.4 is 20.9 Å². The van der Waals surface area contributed by atoms with Crippen LogP contribution >= 0.6 is 0 Å². The molecule has 3 N–H and O–H groups in total. The number of para-hydroxylation sites is 1. The second kappa shape index (κ2) is 12.9. The number of anilines is 4. The first-order valence-corrected chi connectivity index (χ1v) is 17.4. The number of likely N-dealkylation sites (tertiary alicyclic amines) is 1. The average molecular weight is 705 g/mol. The summed E-state index contributed by atoms with van der Waals surface area (Å²) in [6.45, 7) is 5.19. The third kappa shape index (κ3) is 5.80. The second-order valence-electron chi connectivity index (χ2n) is 13.6. The third-order valence-electron chi connectivity index (χ3n) is 10.1. The molecular formula is C36H37B2N13O2. The molecule has 1 fully saturated rings. The summed E-state index contributed by atoms with van der Waals surface area (Å²) in [6.07, 6.45) is 5.94. The molecule has 2 aliphatic heterocycles. The number of carbonyl (C=O) groups excluding carboxylic acids is 2. The van der Waals surface area contributed by atoms with Crippen LogP contribution in [0.25, 0.3) is 16.8 Å². The van der Waals surface area contributed by atoms with Crippen LogP contribution in [0.5, 0.6) is 0 Å². The maximum Gasteiger partial charge on any atom is 0.269 e. The van der Waals surface area contributed by atoms with Crippen LogP contribution in [0.15, 0.2) is 67.1 Å². The average Bonchev–Trinajstić information content (AvgIpc) is 3.86. The summed E-state index contributed by atoms with van der Waals surface area (Å²) in [5, 5.41) is 21.5. The van der Waals surface area contributed by atoms with E-state index in [4.69, 9.17) is 20.8 Å². The van der Waals surface area contributed by atoms with Gasteiger partial charge in [-0.2, -0.15) is 19.8 Å². The number of benzene rings is 1. The Balaban J connectivity index is 1.09. The van der Waals surface area contributed by atoms with E-state index in [9.17, 15) is 9.59 Å². The van der Waals surface area contributed by atoms with Crippen molar-refractivity contribution < 1.29 is 9.59 Å². The van der Waals surface area contributed by atoms with Crippen LogP contribution in [-0.4, -0.2) is 98.7 Å². The standard InChI is InChI=1S/C36H37B2N13O2/c1-6-27-33-24(16-41-50(33)22-18-49(19-22)36(37,38)28-12-8-11-26(42-28)35(53)39-3)23-9-7-10-25(32(23)48(27)5)43-31-14-29(44-30-13-20(2)46-51(30)31)45-34(52)21-15-40-47(4)17-21/h7-17,22,27,43H,6,18-19H2,1-5H3,(H,39,53)(H,44,45,52). The van der Waals surface area contributed by atoms with Gasteiger partial charge in [0.2, 0.25) is 0 Å². The van der Waals surface area contributed by atoms with Crippen molar-refractivity contribution in [1.82, 2.24) is 49.4 Å². The summed E-state index contributed by atoms with van der Waals surface area (Å²) in [5.41, 5.74) is 7.57. The van der Waals surface area contributed by atoms with Gasteiger partial charge in [-0.15, -0.1) is 0 Å². The van der Waals surface area contributed by atoms with Crippen LogP contribution in [0.4, 0.5) is 23.0 Å². The van der Waals surface area contributed by atoms with E-state index in [0.29, 0.717) is 41.6 Å². The van der Waals surface area contributed by atoms with Crippen molar-refractivity contribution in [2.45, 2.75) is 37.7 Å². The molecule has 8 rings (SSSR count). The lowest BCUT2D eigenvalue weighted by atomic mass is 9.57. The first-order chi connectivity index (χ1) is 25.5. The molecule has 0 aliphatic carbocycles. The van der Waals surface area contributed by atoms with E-state index in [1.54, 1.807) is 53.8 Å². The summed E-state index contributed by atoms with van der Waals surface area (Å²) < 4.78 is 5.42. The quantitative estimate of drug-likeness (QED) is 0.191. The van der Waals surface area contributed by atoms with Crippen molar-refractivity contribution in [2.75, 3.05) is 42.7 Å². The Morgan fingerprint density at radius 2 is 1.77 bits per heavy atom. The van der Waals surface area contributed by atoms with Gasteiger partial charge in [-0.25, -0.2) is 9.97 Å². The SMILES string of the molecule is [B]C([B])(c1cccc(C(=O)NC)n1)N1CC(n2ncc3c2C(CC)N(C)c2c(Nc4cc(NC(=O)c5cnn(C)c5)nc5cc(C)nn45)cccc2-3)C1. The minimum absolute atomic E-state index is 0.0159. The van der Waals surface area contributed by atoms with Crippen LogP contribution in [0.3, 0.4) is 0 Å². The minimum Gasteiger partial charge on any atom is -0.364 e. The van der Waals surface area contributed by atoms with Gasteiger partial charge in [-0.1, -0.05) is 25.1 Å². The number of hydrogen-bond acceptors (Lipinski definition) is 10. The zero-order valence-corrected chi connectivity index (χ0v) is 30.1. The number of rotatable bonds is 9. The number of aryl methyl sites for hydroxylation is 2. The molecule has 53 heavy (non-hydrogen) atoms. The fourth-order valence-corrected chi connectivity index (χ4v) is 7.34. The van der Waals surface area contributed by atoms with E-state index in [1.165, 1.54) is 6.20 Å². The Morgan fingerprint density at radius 1 is 0.981 bits per heavy atom. The number of pyridine rings is 1. The first kappa shape index (κ1) is 34.1. The summed E-state index contributed by atoms with van der Waals surface area (Å²) in [5.74, 6) is 0.402. The molecule has 1 aromatic carbocycles. The lowest BCUT2D eigenvalue weighted by Crippen LogP contribution is -2.60. The molecule has 7 heterocycles. The van der Waals surface area contributed by atoms with E-state index >= 15 is 0 Å². The van der Waals surface area contributed by atoms with Crippen LogP contribution in [-0.2, 0) is 12.4 Å². The van der Waals surface area contributed by atoms with E-state index in [1.807, 2.05) is 36.2 Å². The minimum atomic E-state index is -1.37. The second-order valence-corrected chi connectivity index (χ2v) is 13.6. The van der Waals surface area contributed by atoms with Crippen molar-refractivity contribution in [3.63, 3.8) is 0 Å². The molecule has 1 atom stereocenters. The Hall–Kier alpha value is -5.96. The molecule has 6 aromatic rings. The summed E-state index contributed by atoms with van der Waals surface area (Å²) >= 11 is 0. The maximum absolute atomic E-state index is 13.0. The summed E-state index contributed by atoms with van der Waals surface area (Å²) in [7, 11) is 18.7. The number of carbonyl (C=O) groups is 2. The van der Waals surface area contributed by atoms with Gasteiger partial charge >= 0.3 is 0 Å². The molecule has 0 spiro atoms. The number of nitrogens with one attached hydrogen (secondary N) is 3. The number of nitrogens with zero attached hydrogens (tertiary/aromatic N) is 10. The predicted molar refractivity (Wildman–Crippen MR) is 203 cm³/mol. The molecule has 1 unspecified atom stereocenters. The Morgan fingerprint density at radius 3 is 2.51 bits per heavy atom. The maximum atomic E-state index is 13.0. The molecule has 1 saturated heterocycles. The van der Waals surface area contributed by atoms with E-state index in [2.05, 4.69) is 65.7 Å². The van der Waals surface area contributed by atoms with Gasteiger partial charge in [0.15, 0.2) is 5.65 Å². The number of amides is 2. The van der Waals surface area contributed by atoms with Gasteiger partial charge < -0.3 is 25.8 Å². The van der Waals surface area contributed by atoms with Gasteiger partial charge in [0, 0.05) is 69.4 Å². The number of aromatic nitrogens is 8. The zero-order chi connectivity index (χ0) is 37.2. The normalized spacial score (nSPS) is 15.9. The summed E-state index contributed by atoms with van der Waals surface area (Å²) in [4.78, 5) is 38.6. The van der Waals surface area contributed by atoms with E-state index in [0.717, 1.165) is 40.3 Å². The largest absolute Gasteiger partial charge is 0.364 e. The van der Waals surface area contributed by atoms with Crippen molar-refractivity contribution in [2.24, 2.45) is 7.05 Å². The van der Waals surface area contributed by atoms with Crippen LogP contribution in [0, 0.1) is 6.92 Å². The van der Waals surface area contributed by atoms with Gasteiger partial charge in [-0.3, -0.25) is 19.0 Å².